The lowest BCUT2D eigenvalue weighted by Crippen LogP contribution is -2.33. The second kappa shape index (κ2) is 11.0. The summed E-state index contributed by atoms with van der Waals surface area (Å²) < 4.78 is 6.36. The van der Waals surface area contributed by atoms with Crippen molar-refractivity contribution in [1.82, 2.24) is 4.90 Å². The Hall–Kier alpha value is -3.02. The molecule has 1 atom stereocenters. The van der Waals surface area contributed by atoms with Crippen molar-refractivity contribution in [2.24, 2.45) is 0 Å². The van der Waals surface area contributed by atoms with E-state index in [1.54, 1.807) is 24.3 Å². The van der Waals surface area contributed by atoms with Gasteiger partial charge in [0.25, 0.3) is 5.91 Å². The molecule has 3 aromatic rings. The number of carbonyl (C=O) groups excluding carboxylic acids is 1. The smallest absolute Gasteiger partial charge is 0.305 e. The number of ether oxygens (including phenoxy) is 1. The predicted octanol–water partition coefficient (Wildman–Crippen LogP) is 7.34. The van der Waals surface area contributed by atoms with E-state index in [1.807, 2.05) is 12.1 Å². The zero-order valence-electron chi connectivity index (χ0n) is 22.2. The summed E-state index contributed by atoms with van der Waals surface area (Å²) in [7, 11) is 0. The average Bonchev–Trinajstić information content (AvgIpc) is 3.18. The Labute approximate surface area is 234 Å². The van der Waals surface area contributed by atoms with Crippen molar-refractivity contribution in [3.63, 3.8) is 0 Å². The number of hydrogen-bond donors (Lipinski definition) is 1. The predicted molar refractivity (Wildman–Crippen MR) is 151 cm³/mol. The Kier molecular flexibility index (Phi) is 8.10. The number of aliphatic carboxylic acids is 1. The van der Waals surface area contributed by atoms with Gasteiger partial charge in [0.05, 0.1) is 16.5 Å². The van der Waals surface area contributed by atoms with E-state index in [-0.39, 0.29) is 30.8 Å². The molecule has 1 aliphatic rings. The van der Waals surface area contributed by atoms with Gasteiger partial charge >= 0.3 is 5.97 Å². The number of carboxylic acids is 1. The van der Waals surface area contributed by atoms with Crippen LogP contribution in [0.2, 0.25) is 10.0 Å². The molecule has 0 spiro atoms. The van der Waals surface area contributed by atoms with E-state index >= 15 is 0 Å². The molecule has 200 valence electrons. The lowest BCUT2D eigenvalue weighted by molar-refractivity contribution is -0.137. The van der Waals surface area contributed by atoms with Gasteiger partial charge < -0.3 is 14.7 Å². The molecular formula is C31H33Cl2NO4. The number of carbonyl (C=O) groups is 2. The first-order chi connectivity index (χ1) is 17.8. The quantitative estimate of drug-likeness (QED) is 0.316. The molecule has 0 bridgehead atoms. The number of carboxylic acid groups (broad SMARTS) is 1. The number of amides is 1. The maximum absolute atomic E-state index is 13.5. The van der Waals surface area contributed by atoms with Gasteiger partial charge in [-0.3, -0.25) is 9.59 Å². The summed E-state index contributed by atoms with van der Waals surface area (Å²) in [6.07, 6.45) is 1.23. The molecule has 1 N–H and O–H groups in total. The van der Waals surface area contributed by atoms with E-state index in [2.05, 4.69) is 52.0 Å². The first kappa shape index (κ1) is 28.0. The molecule has 1 aliphatic heterocycles. The minimum atomic E-state index is -0.978. The van der Waals surface area contributed by atoms with Crippen molar-refractivity contribution in [3.8, 4) is 5.75 Å². The van der Waals surface area contributed by atoms with Crippen LogP contribution in [0.4, 0.5) is 0 Å². The highest BCUT2D eigenvalue weighted by molar-refractivity contribution is 6.42. The second-order valence-corrected chi connectivity index (χ2v) is 12.0. The highest BCUT2D eigenvalue weighted by atomic mass is 35.5. The number of hydrogen-bond acceptors (Lipinski definition) is 3. The minimum Gasteiger partial charge on any atom is -0.487 e. The van der Waals surface area contributed by atoms with E-state index in [1.165, 1.54) is 16.0 Å². The Balaban J connectivity index is 1.52. The third-order valence-corrected chi connectivity index (χ3v) is 7.76. The third kappa shape index (κ3) is 6.51. The molecule has 0 aromatic heterocycles. The van der Waals surface area contributed by atoms with Crippen LogP contribution >= 0.6 is 23.2 Å². The van der Waals surface area contributed by atoms with E-state index in [4.69, 9.17) is 27.9 Å². The van der Waals surface area contributed by atoms with Crippen LogP contribution in [0, 0.1) is 0 Å². The van der Waals surface area contributed by atoms with Crippen LogP contribution in [-0.2, 0) is 29.6 Å². The van der Waals surface area contributed by atoms with Gasteiger partial charge in [0, 0.05) is 31.5 Å². The summed E-state index contributed by atoms with van der Waals surface area (Å²) in [5.41, 5.74) is 4.26. The van der Waals surface area contributed by atoms with Gasteiger partial charge in [-0.1, -0.05) is 80.4 Å². The van der Waals surface area contributed by atoms with E-state index in [0.717, 1.165) is 17.7 Å². The molecular weight excluding hydrogens is 521 g/mol. The lowest BCUT2D eigenvalue weighted by Gasteiger charge is -2.25. The zero-order valence-corrected chi connectivity index (χ0v) is 23.7. The van der Waals surface area contributed by atoms with Crippen LogP contribution in [0.1, 0.15) is 66.7 Å². The van der Waals surface area contributed by atoms with Gasteiger partial charge in [0.1, 0.15) is 11.4 Å². The minimum absolute atomic E-state index is 0.0485. The van der Waals surface area contributed by atoms with Crippen molar-refractivity contribution in [3.05, 3.63) is 98.5 Å². The Morgan fingerprint density at radius 1 is 1.05 bits per heavy atom. The van der Waals surface area contributed by atoms with E-state index in [9.17, 15) is 14.7 Å². The summed E-state index contributed by atoms with van der Waals surface area (Å²) in [4.78, 5) is 26.3. The topological polar surface area (TPSA) is 66.8 Å². The average molecular weight is 555 g/mol. The number of benzene rings is 3. The lowest BCUT2D eigenvalue weighted by atomic mass is 9.85. The number of rotatable bonds is 8. The van der Waals surface area contributed by atoms with Crippen LogP contribution in [0.3, 0.4) is 0 Å². The monoisotopic (exact) mass is 553 g/mol. The fourth-order valence-corrected chi connectivity index (χ4v) is 5.23. The molecule has 0 saturated heterocycles. The molecule has 0 fully saturated rings. The number of fused-ring (bicyclic) bond motifs is 1. The van der Waals surface area contributed by atoms with Crippen molar-refractivity contribution in [2.45, 2.75) is 64.5 Å². The first-order valence-electron chi connectivity index (χ1n) is 12.7. The molecule has 1 unspecified atom stereocenters. The maximum Gasteiger partial charge on any atom is 0.305 e. The van der Waals surface area contributed by atoms with Crippen molar-refractivity contribution >= 4 is 35.1 Å². The van der Waals surface area contributed by atoms with Crippen molar-refractivity contribution < 1.29 is 19.4 Å². The highest BCUT2D eigenvalue weighted by Crippen LogP contribution is 2.38. The Bertz CT molecular complexity index is 1350. The maximum atomic E-state index is 13.5. The number of halogens is 2. The Morgan fingerprint density at radius 3 is 2.42 bits per heavy atom. The zero-order chi connectivity index (χ0) is 27.7. The van der Waals surface area contributed by atoms with Crippen LogP contribution in [0.5, 0.6) is 5.75 Å². The van der Waals surface area contributed by atoms with Gasteiger partial charge in [-0.2, -0.15) is 0 Å². The van der Waals surface area contributed by atoms with Crippen LogP contribution < -0.4 is 4.74 Å². The van der Waals surface area contributed by atoms with Gasteiger partial charge in [-0.15, -0.1) is 0 Å². The van der Waals surface area contributed by atoms with Crippen LogP contribution in [-0.4, -0.2) is 34.0 Å². The molecule has 38 heavy (non-hydrogen) atoms. The summed E-state index contributed by atoms with van der Waals surface area (Å²) in [6.45, 7) is 8.89. The summed E-state index contributed by atoms with van der Waals surface area (Å²) in [6, 6.07) is 19.3. The SMILES string of the molecule is CC1(Cc2ccc(C(C)(C)C)cc2)Cc2cc(C(=O)N(CCC(=O)O)Cc3cccc(Cl)c3Cl)ccc2O1. The van der Waals surface area contributed by atoms with Crippen LogP contribution in [0.15, 0.2) is 60.7 Å². The highest BCUT2D eigenvalue weighted by Gasteiger charge is 2.35. The van der Waals surface area contributed by atoms with Gasteiger partial charge in [-0.05, 0) is 58.9 Å². The normalized spacial score (nSPS) is 16.6. The first-order valence-corrected chi connectivity index (χ1v) is 13.5. The van der Waals surface area contributed by atoms with Crippen LogP contribution in [0.25, 0.3) is 0 Å². The van der Waals surface area contributed by atoms with Gasteiger partial charge in [0.2, 0.25) is 0 Å². The molecule has 1 heterocycles. The van der Waals surface area contributed by atoms with Crippen molar-refractivity contribution in [1.29, 1.82) is 0 Å². The van der Waals surface area contributed by atoms with E-state index in [0.29, 0.717) is 27.6 Å². The second-order valence-electron chi connectivity index (χ2n) is 11.3. The standard InChI is InChI=1S/C31H33Cl2NO4/c1-30(2,3)24-11-8-20(9-12-24)17-31(4)18-23-16-21(10-13-26(23)38-31)29(37)34(15-14-27(35)36)19-22-6-5-7-25(32)28(22)33/h5-13,16H,14-15,17-19H2,1-4H3,(H,35,36). The molecule has 0 saturated carbocycles. The van der Waals surface area contributed by atoms with Crippen molar-refractivity contribution in [2.75, 3.05) is 6.54 Å². The summed E-state index contributed by atoms with van der Waals surface area (Å²) in [5, 5.41) is 9.98. The summed E-state index contributed by atoms with van der Waals surface area (Å²) in [5.74, 6) is -0.476. The molecule has 3 aromatic carbocycles. The van der Waals surface area contributed by atoms with Gasteiger partial charge in [-0.25, -0.2) is 0 Å². The summed E-state index contributed by atoms with van der Waals surface area (Å²) >= 11 is 12.5. The van der Waals surface area contributed by atoms with E-state index < -0.39 is 11.6 Å². The number of nitrogens with zero attached hydrogens (tertiary/aromatic N) is 1. The molecule has 0 radical (unpaired) electrons. The largest absolute Gasteiger partial charge is 0.487 e. The molecule has 7 heteroatoms. The Morgan fingerprint density at radius 2 is 1.76 bits per heavy atom. The fraction of sp³-hybridized carbons (Fsp3) is 0.355. The molecule has 1 amide bonds. The molecule has 0 aliphatic carbocycles. The molecule has 4 rings (SSSR count). The van der Waals surface area contributed by atoms with Gasteiger partial charge in [0.15, 0.2) is 0 Å². The molecule has 5 nitrogen and oxygen atoms in total. The third-order valence-electron chi connectivity index (χ3n) is 6.90. The fourth-order valence-electron chi connectivity index (χ4n) is 4.85.